The Morgan fingerprint density at radius 1 is 1.28 bits per heavy atom. The fraction of sp³-hybridized carbons (Fsp3) is 0.0769. The third-order valence-electron chi connectivity index (χ3n) is 2.13. The Balaban J connectivity index is 2.22. The largest absolute Gasteiger partial charge is 0.444 e. The van der Waals surface area contributed by atoms with Gasteiger partial charge in [-0.15, -0.1) is 0 Å². The predicted octanol–water partition coefficient (Wildman–Crippen LogP) is 3.31. The molecule has 18 heavy (non-hydrogen) atoms. The zero-order chi connectivity index (χ0) is 13.0. The van der Waals surface area contributed by atoms with Gasteiger partial charge < -0.3 is 10.1 Å². The molecule has 0 fully saturated rings. The molecule has 0 aliphatic heterocycles. The van der Waals surface area contributed by atoms with Crippen molar-refractivity contribution in [2.75, 3.05) is 5.32 Å². The van der Waals surface area contributed by atoms with Gasteiger partial charge in [0.2, 0.25) is 5.91 Å². The Bertz CT molecular complexity index is 577. The van der Waals surface area contributed by atoms with Crippen molar-refractivity contribution in [2.24, 2.45) is 0 Å². The number of ether oxygens (including phenoxy) is 1. The van der Waals surface area contributed by atoms with E-state index in [1.807, 2.05) is 12.1 Å². The van der Waals surface area contributed by atoms with E-state index in [1.54, 1.807) is 24.3 Å². The maximum Gasteiger partial charge on any atom is 0.221 e. The fourth-order valence-corrected chi connectivity index (χ4v) is 2.09. The number of para-hydroxylation sites is 2. The molecule has 2 rings (SSSR count). The average Bonchev–Trinajstić information content (AvgIpc) is 2.79. The van der Waals surface area contributed by atoms with Crippen LogP contribution in [0.1, 0.15) is 16.6 Å². The van der Waals surface area contributed by atoms with Crippen molar-refractivity contribution < 1.29 is 14.3 Å². The van der Waals surface area contributed by atoms with E-state index in [9.17, 15) is 9.59 Å². The minimum Gasteiger partial charge on any atom is -0.444 e. The molecule has 0 saturated heterocycles. The molecule has 2 aromatic rings. The van der Waals surface area contributed by atoms with E-state index in [1.165, 1.54) is 18.3 Å². The summed E-state index contributed by atoms with van der Waals surface area (Å²) in [5.74, 6) is 0.387. The Labute approximate surface area is 108 Å². The van der Waals surface area contributed by atoms with Crippen molar-refractivity contribution in [3.8, 4) is 10.8 Å². The van der Waals surface area contributed by atoms with Gasteiger partial charge in [0.1, 0.15) is 0 Å². The molecule has 0 spiro atoms. The monoisotopic (exact) mass is 261 g/mol. The average molecular weight is 261 g/mol. The minimum atomic E-state index is -0.161. The Kier molecular flexibility index (Phi) is 3.74. The highest BCUT2D eigenvalue weighted by Gasteiger charge is 2.07. The van der Waals surface area contributed by atoms with E-state index in [0.717, 1.165) is 6.29 Å². The first-order valence-electron chi connectivity index (χ1n) is 5.28. The first-order valence-corrected chi connectivity index (χ1v) is 6.10. The number of carbonyl (C=O) groups is 2. The molecule has 5 heteroatoms. The molecule has 0 bridgehead atoms. The standard InChI is InChI=1S/C13H11NO3S/c1-9(16)14-11-4-2-3-5-12(11)17-13-7-6-10(8-15)18-13/h2-8H,1H3,(H,14,16). The SMILES string of the molecule is CC(=O)Nc1ccccc1Oc1ccc(C=O)s1. The highest BCUT2D eigenvalue weighted by atomic mass is 32.1. The van der Waals surface area contributed by atoms with Crippen molar-refractivity contribution >= 4 is 29.2 Å². The Morgan fingerprint density at radius 2 is 2.06 bits per heavy atom. The van der Waals surface area contributed by atoms with E-state index in [-0.39, 0.29) is 5.91 Å². The zero-order valence-corrected chi connectivity index (χ0v) is 10.5. The summed E-state index contributed by atoms with van der Waals surface area (Å²) in [6.45, 7) is 1.44. The number of nitrogens with one attached hydrogen (secondary N) is 1. The highest BCUT2D eigenvalue weighted by molar-refractivity contribution is 7.15. The lowest BCUT2D eigenvalue weighted by atomic mass is 10.3. The Hall–Kier alpha value is -2.14. The van der Waals surface area contributed by atoms with Gasteiger partial charge in [0.05, 0.1) is 10.6 Å². The van der Waals surface area contributed by atoms with Crippen LogP contribution >= 0.6 is 11.3 Å². The number of amides is 1. The zero-order valence-electron chi connectivity index (χ0n) is 9.67. The summed E-state index contributed by atoms with van der Waals surface area (Å²) in [4.78, 5) is 22.2. The molecular weight excluding hydrogens is 250 g/mol. The highest BCUT2D eigenvalue weighted by Crippen LogP contribution is 2.33. The van der Waals surface area contributed by atoms with Crippen LogP contribution in [-0.2, 0) is 4.79 Å². The van der Waals surface area contributed by atoms with Crippen molar-refractivity contribution in [1.29, 1.82) is 0 Å². The van der Waals surface area contributed by atoms with Crippen molar-refractivity contribution in [1.82, 2.24) is 0 Å². The molecule has 0 saturated carbocycles. The Morgan fingerprint density at radius 3 is 2.72 bits per heavy atom. The summed E-state index contributed by atoms with van der Waals surface area (Å²) in [7, 11) is 0. The molecule has 1 aromatic heterocycles. The number of carbonyl (C=O) groups excluding carboxylic acids is 2. The summed E-state index contributed by atoms with van der Waals surface area (Å²) in [6.07, 6.45) is 0.775. The van der Waals surface area contributed by atoms with Gasteiger partial charge in [0.15, 0.2) is 17.1 Å². The smallest absolute Gasteiger partial charge is 0.221 e. The van der Waals surface area contributed by atoms with Crippen molar-refractivity contribution in [3.63, 3.8) is 0 Å². The third-order valence-corrected chi connectivity index (χ3v) is 3.02. The molecule has 0 atom stereocenters. The third kappa shape index (κ3) is 2.95. The second-order valence-corrected chi connectivity index (χ2v) is 4.63. The fourth-order valence-electron chi connectivity index (χ4n) is 1.41. The molecule has 92 valence electrons. The topological polar surface area (TPSA) is 55.4 Å². The summed E-state index contributed by atoms with van der Waals surface area (Å²) >= 11 is 1.25. The number of thiophene rings is 1. The van der Waals surface area contributed by atoms with Gasteiger partial charge in [-0.3, -0.25) is 9.59 Å². The quantitative estimate of drug-likeness (QED) is 0.859. The van der Waals surface area contributed by atoms with E-state index < -0.39 is 0 Å². The molecule has 4 nitrogen and oxygen atoms in total. The summed E-state index contributed by atoms with van der Waals surface area (Å²) in [6, 6.07) is 10.5. The second-order valence-electron chi connectivity index (χ2n) is 3.55. The van der Waals surface area contributed by atoms with Crippen LogP contribution in [0.25, 0.3) is 0 Å². The second kappa shape index (κ2) is 5.46. The number of hydrogen-bond acceptors (Lipinski definition) is 4. The van der Waals surface area contributed by atoms with Crippen molar-refractivity contribution in [2.45, 2.75) is 6.92 Å². The van der Waals surface area contributed by atoms with Crippen molar-refractivity contribution in [3.05, 3.63) is 41.3 Å². The summed E-state index contributed by atoms with van der Waals surface area (Å²) in [5, 5.41) is 3.29. The van der Waals surface area contributed by atoms with Crippen LogP contribution in [0, 0.1) is 0 Å². The van der Waals surface area contributed by atoms with Crippen LogP contribution in [0.5, 0.6) is 10.8 Å². The van der Waals surface area contributed by atoms with Gasteiger partial charge >= 0.3 is 0 Å². The molecule has 1 heterocycles. The molecule has 0 aliphatic carbocycles. The lowest BCUT2D eigenvalue weighted by molar-refractivity contribution is -0.114. The van der Waals surface area contributed by atoms with Gasteiger partial charge in [-0.1, -0.05) is 23.5 Å². The minimum absolute atomic E-state index is 0.161. The van der Waals surface area contributed by atoms with E-state index in [4.69, 9.17) is 4.74 Å². The van der Waals surface area contributed by atoms with Crippen LogP contribution in [0.3, 0.4) is 0 Å². The lowest BCUT2D eigenvalue weighted by Crippen LogP contribution is -2.06. The van der Waals surface area contributed by atoms with Crippen LogP contribution in [0.2, 0.25) is 0 Å². The first kappa shape index (κ1) is 12.3. The number of anilines is 1. The number of hydrogen-bond donors (Lipinski definition) is 1. The van der Waals surface area contributed by atoms with E-state index in [2.05, 4.69) is 5.32 Å². The van der Waals surface area contributed by atoms with Gasteiger partial charge in [-0.25, -0.2) is 0 Å². The predicted molar refractivity (Wildman–Crippen MR) is 70.5 cm³/mol. The molecule has 0 radical (unpaired) electrons. The van der Waals surface area contributed by atoms with Gasteiger partial charge in [0.25, 0.3) is 0 Å². The maximum absolute atomic E-state index is 11.1. The summed E-state index contributed by atoms with van der Waals surface area (Å²) in [5.41, 5.74) is 0.603. The molecule has 1 N–H and O–H groups in total. The lowest BCUT2D eigenvalue weighted by Gasteiger charge is -2.09. The number of aldehydes is 1. The summed E-state index contributed by atoms with van der Waals surface area (Å²) < 4.78 is 5.64. The van der Waals surface area contributed by atoms with Gasteiger partial charge in [0, 0.05) is 6.92 Å². The van der Waals surface area contributed by atoms with Crippen LogP contribution < -0.4 is 10.1 Å². The molecule has 0 unspecified atom stereocenters. The molecule has 1 amide bonds. The van der Waals surface area contributed by atoms with Crippen LogP contribution in [-0.4, -0.2) is 12.2 Å². The normalized spacial score (nSPS) is 9.83. The first-order chi connectivity index (χ1) is 8.69. The molecule has 1 aromatic carbocycles. The maximum atomic E-state index is 11.1. The van der Waals surface area contributed by atoms with E-state index >= 15 is 0 Å². The van der Waals surface area contributed by atoms with E-state index in [0.29, 0.717) is 21.4 Å². The van der Waals surface area contributed by atoms with Gasteiger partial charge in [-0.05, 0) is 24.3 Å². The van der Waals surface area contributed by atoms with Crippen LogP contribution in [0.15, 0.2) is 36.4 Å². The molecule has 0 aliphatic rings. The number of benzene rings is 1. The van der Waals surface area contributed by atoms with Gasteiger partial charge in [-0.2, -0.15) is 0 Å². The number of rotatable bonds is 4. The van der Waals surface area contributed by atoms with Crippen LogP contribution in [0.4, 0.5) is 5.69 Å². The molecular formula is C13H11NO3S.